The minimum atomic E-state index is -0.364. The van der Waals surface area contributed by atoms with E-state index in [0.717, 1.165) is 35.3 Å². The predicted molar refractivity (Wildman–Crippen MR) is 149 cm³/mol. The summed E-state index contributed by atoms with van der Waals surface area (Å²) in [5, 5.41) is 7.29. The van der Waals surface area contributed by atoms with Crippen molar-refractivity contribution in [2.75, 3.05) is 17.2 Å². The third-order valence-corrected chi connectivity index (χ3v) is 8.23. The number of amides is 2. The summed E-state index contributed by atoms with van der Waals surface area (Å²) in [4.78, 5) is 27.5. The Morgan fingerprint density at radius 3 is 2.47 bits per heavy atom. The monoisotopic (exact) mass is 544 g/mol. The molecule has 5 nitrogen and oxygen atoms in total. The van der Waals surface area contributed by atoms with Gasteiger partial charge in [-0.2, -0.15) is 0 Å². The lowest BCUT2D eigenvalue weighted by Crippen LogP contribution is -2.27. The molecule has 2 aromatic carbocycles. The van der Waals surface area contributed by atoms with E-state index in [0.29, 0.717) is 38.0 Å². The van der Waals surface area contributed by atoms with Crippen LogP contribution >= 0.6 is 34.5 Å². The van der Waals surface area contributed by atoms with E-state index in [9.17, 15) is 9.59 Å². The summed E-state index contributed by atoms with van der Waals surface area (Å²) < 4.78 is 5.60. The van der Waals surface area contributed by atoms with Gasteiger partial charge >= 0.3 is 0 Å². The molecule has 0 aliphatic heterocycles. The highest BCUT2D eigenvalue weighted by molar-refractivity contribution is 7.17. The van der Waals surface area contributed by atoms with Gasteiger partial charge in [0.25, 0.3) is 11.8 Å². The smallest absolute Gasteiger partial charge is 0.262 e. The summed E-state index contributed by atoms with van der Waals surface area (Å²) >= 11 is 13.6. The quantitative estimate of drug-likeness (QED) is 0.332. The fraction of sp³-hybridized carbons (Fsp3) is 0.357. The molecule has 0 bridgehead atoms. The van der Waals surface area contributed by atoms with Crippen molar-refractivity contribution < 1.29 is 14.3 Å². The van der Waals surface area contributed by atoms with Gasteiger partial charge in [0.2, 0.25) is 0 Å². The number of aryl methyl sites for hydroxylation is 1. The lowest BCUT2D eigenvalue weighted by Gasteiger charge is -2.33. The zero-order valence-corrected chi connectivity index (χ0v) is 23.2. The van der Waals surface area contributed by atoms with Gasteiger partial charge in [-0.25, -0.2) is 0 Å². The van der Waals surface area contributed by atoms with Gasteiger partial charge in [0.15, 0.2) is 6.61 Å². The minimum absolute atomic E-state index is 0.168. The van der Waals surface area contributed by atoms with Crippen molar-refractivity contribution in [2.45, 2.75) is 47.0 Å². The molecule has 2 amide bonds. The van der Waals surface area contributed by atoms with E-state index in [-0.39, 0.29) is 23.8 Å². The van der Waals surface area contributed by atoms with E-state index in [4.69, 9.17) is 27.9 Å². The van der Waals surface area contributed by atoms with Gasteiger partial charge in [-0.3, -0.25) is 9.59 Å². The van der Waals surface area contributed by atoms with Gasteiger partial charge in [0, 0.05) is 15.6 Å². The predicted octanol–water partition coefficient (Wildman–Crippen LogP) is 7.78. The van der Waals surface area contributed by atoms with Crippen LogP contribution in [-0.2, 0) is 17.6 Å². The summed E-state index contributed by atoms with van der Waals surface area (Å²) in [5.74, 6) is 0.293. The van der Waals surface area contributed by atoms with Crippen LogP contribution in [0.15, 0.2) is 42.5 Å². The average Bonchev–Trinajstić information content (AvgIpc) is 3.16. The second kappa shape index (κ2) is 10.8. The van der Waals surface area contributed by atoms with Gasteiger partial charge in [0.1, 0.15) is 10.8 Å². The number of anilines is 2. The van der Waals surface area contributed by atoms with Crippen molar-refractivity contribution in [1.82, 2.24) is 0 Å². The minimum Gasteiger partial charge on any atom is -0.482 e. The number of ether oxygens (including phenoxy) is 1. The molecule has 0 fully saturated rings. The first kappa shape index (κ1) is 26.5. The molecule has 190 valence electrons. The topological polar surface area (TPSA) is 67.4 Å². The molecule has 3 aromatic rings. The van der Waals surface area contributed by atoms with E-state index in [1.807, 2.05) is 31.2 Å². The molecule has 4 rings (SSSR count). The second-order valence-corrected chi connectivity index (χ2v) is 12.2. The van der Waals surface area contributed by atoms with Crippen LogP contribution in [0.2, 0.25) is 10.0 Å². The number of carbonyl (C=O) groups is 2. The number of benzene rings is 2. The van der Waals surface area contributed by atoms with Gasteiger partial charge in [-0.15, -0.1) is 11.3 Å². The molecule has 1 aromatic heterocycles. The van der Waals surface area contributed by atoms with Crippen LogP contribution in [0.25, 0.3) is 0 Å². The third kappa shape index (κ3) is 6.23. The SMILES string of the molecule is Cc1ccc(NC(=O)c2c(NC(=O)COc3ccc(Cl)cc3Cl)sc3c2CC[C@H](C(C)(C)C)C3)cc1. The summed E-state index contributed by atoms with van der Waals surface area (Å²) in [6, 6.07) is 12.5. The Morgan fingerprint density at radius 1 is 1.08 bits per heavy atom. The maximum Gasteiger partial charge on any atom is 0.262 e. The fourth-order valence-electron chi connectivity index (χ4n) is 4.38. The summed E-state index contributed by atoms with van der Waals surface area (Å²) in [6.45, 7) is 8.52. The van der Waals surface area contributed by atoms with Crippen LogP contribution in [0, 0.1) is 18.3 Å². The Morgan fingerprint density at radius 2 is 1.81 bits per heavy atom. The lowest BCUT2D eigenvalue weighted by atomic mass is 9.72. The summed E-state index contributed by atoms with van der Waals surface area (Å²) in [6.07, 6.45) is 2.70. The van der Waals surface area contributed by atoms with E-state index in [1.165, 1.54) is 11.3 Å². The lowest BCUT2D eigenvalue weighted by molar-refractivity contribution is -0.118. The zero-order chi connectivity index (χ0) is 26.0. The van der Waals surface area contributed by atoms with Crippen molar-refractivity contribution in [3.05, 3.63) is 74.1 Å². The number of carbonyl (C=O) groups excluding carboxylic acids is 2. The number of fused-ring (bicyclic) bond motifs is 1. The molecule has 0 saturated carbocycles. The first-order valence-corrected chi connectivity index (χ1v) is 13.5. The van der Waals surface area contributed by atoms with Crippen molar-refractivity contribution in [1.29, 1.82) is 0 Å². The van der Waals surface area contributed by atoms with Crippen molar-refractivity contribution in [2.24, 2.45) is 11.3 Å². The summed E-state index contributed by atoms with van der Waals surface area (Å²) in [7, 11) is 0. The first-order chi connectivity index (χ1) is 17.0. The average molecular weight is 546 g/mol. The molecule has 0 spiro atoms. The molecule has 2 N–H and O–H groups in total. The number of rotatable bonds is 6. The van der Waals surface area contributed by atoms with E-state index in [2.05, 4.69) is 31.4 Å². The number of hydrogen-bond donors (Lipinski definition) is 2. The Bertz CT molecular complexity index is 1280. The molecule has 1 aliphatic carbocycles. The number of thiophene rings is 1. The molecule has 0 unspecified atom stereocenters. The van der Waals surface area contributed by atoms with E-state index < -0.39 is 0 Å². The second-order valence-electron chi connectivity index (χ2n) is 10.2. The molecular weight excluding hydrogens is 515 g/mol. The summed E-state index contributed by atoms with van der Waals surface area (Å²) in [5.41, 5.74) is 3.57. The molecule has 1 aliphatic rings. The normalized spacial score (nSPS) is 15.2. The Kier molecular flexibility index (Phi) is 7.98. The number of nitrogens with one attached hydrogen (secondary N) is 2. The Balaban J connectivity index is 1.57. The molecular formula is C28H30Cl2N2O3S. The molecule has 8 heteroatoms. The van der Waals surface area contributed by atoms with Gasteiger partial charge in [0.05, 0.1) is 10.6 Å². The molecule has 36 heavy (non-hydrogen) atoms. The highest BCUT2D eigenvalue weighted by Gasteiger charge is 2.34. The van der Waals surface area contributed by atoms with Gasteiger partial charge in [-0.1, -0.05) is 61.7 Å². The van der Waals surface area contributed by atoms with Crippen molar-refractivity contribution >= 4 is 57.0 Å². The van der Waals surface area contributed by atoms with Gasteiger partial charge < -0.3 is 15.4 Å². The number of halogens is 2. The standard InChI is InChI=1S/C28H30Cl2N2O3S/c1-16-5-9-19(10-6-16)31-26(34)25-20-11-7-17(28(2,3)4)13-23(20)36-27(25)32-24(33)15-35-22-12-8-18(29)14-21(22)30/h5-6,8-10,12,14,17H,7,11,13,15H2,1-4H3,(H,31,34)(H,32,33)/t17-/m0/s1. The van der Waals surface area contributed by atoms with E-state index in [1.54, 1.807) is 18.2 Å². The third-order valence-electron chi connectivity index (χ3n) is 6.53. The zero-order valence-electron chi connectivity index (χ0n) is 20.8. The highest BCUT2D eigenvalue weighted by atomic mass is 35.5. The van der Waals surface area contributed by atoms with Crippen molar-refractivity contribution in [3.8, 4) is 5.75 Å². The highest BCUT2D eigenvalue weighted by Crippen LogP contribution is 2.44. The maximum absolute atomic E-state index is 13.5. The van der Waals surface area contributed by atoms with E-state index >= 15 is 0 Å². The van der Waals surface area contributed by atoms with Crippen LogP contribution < -0.4 is 15.4 Å². The van der Waals surface area contributed by atoms with Crippen LogP contribution in [-0.4, -0.2) is 18.4 Å². The van der Waals surface area contributed by atoms with Crippen LogP contribution in [0.5, 0.6) is 5.75 Å². The largest absolute Gasteiger partial charge is 0.482 e. The fourth-order valence-corrected chi connectivity index (χ4v) is 6.19. The molecule has 1 heterocycles. The van der Waals surface area contributed by atoms with Crippen LogP contribution in [0.4, 0.5) is 10.7 Å². The molecule has 0 saturated heterocycles. The Labute approximate surface area is 226 Å². The maximum atomic E-state index is 13.5. The molecule has 0 radical (unpaired) electrons. The number of hydrogen-bond acceptors (Lipinski definition) is 4. The van der Waals surface area contributed by atoms with Crippen LogP contribution in [0.1, 0.15) is 53.6 Å². The van der Waals surface area contributed by atoms with Gasteiger partial charge in [-0.05, 0) is 73.4 Å². The van der Waals surface area contributed by atoms with Crippen molar-refractivity contribution in [3.63, 3.8) is 0 Å². The molecule has 1 atom stereocenters. The van der Waals surface area contributed by atoms with Crippen LogP contribution in [0.3, 0.4) is 0 Å². The Hall–Kier alpha value is -2.54. The first-order valence-electron chi connectivity index (χ1n) is 11.9.